The molecule has 1 aliphatic rings. The lowest BCUT2D eigenvalue weighted by atomic mass is 9.86. The van der Waals surface area contributed by atoms with Gasteiger partial charge in [0.1, 0.15) is 0 Å². The van der Waals surface area contributed by atoms with Crippen molar-refractivity contribution in [2.24, 2.45) is 5.41 Å². The summed E-state index contributed by atoms with van der Waals surface area (Å²) in [4.78, 5) is 2.63. The Bertz CT molecular complexity index is 237. The minimum atomic E-state index is 0.392. The zero-order valence-electron chi connectivity index (χ0n) is 13.7. The van der Waals surface area contributed by atoms with Gasteiger partial charge in [-0.3, -0.25) is 0 Å². The summed E-state index contributed by atoms with van der Waals surface area (Å²) in [5.74, 6) is 0. The van der Waals surface area contributed by atoms with Gasteiger partial charge in [0, 0.05) is 38.8 Å². The van der Waals surface area contributed by atoms with E-state index in [9.17, 15) is 0 Å². The van der Waals surface area contributed by atoms with E-state index in [0.29, 0.717) is 17.6 Å². The number of likely N-dealkylation sites (tertiary alicyclic amines) is 1. The molecular formula is C16H34N2O. The first-order chi connectivity index (χ1) is 8.99. The maximum Gasteiger partial charge on any atom is 0.0599 e. The molecule has 0 radical (unpaired) electrons. The van der Waals surface area contributed by atoms with E-state index in [1.165, 1.54) is 38.9 Å². The standard InChI is InChI=1S/C16H34N2O/c1-6-16(5,12-17-14(3)4)13-18-10-8-15(9-11-18)19-7-2/h14-15,17H,6-13H2,1-5H3. The molecule has 0 aromatic rings. The fourth-order valence-corrected chi connectivity index (χ4v) is 2.75. The number of piperidine rings is 1. The Morgan fingerprint density at radius 1 is 1.26 bits per heavy atom. The van der Waals surface area contributed by atoms with E-state index >= 15 is 0 Å². The second-order valence-electron chi connectivity index (χ2n) is 6.63. The van der Waals surface area contributed by atoms with Crippen LogP contribution < -0.4 is 5.32 Å². The Morgan fingerprint density at radius 2 is 1.89 bits per heavy atom. The lowest BCUT2D eigenvalue weighted by molar-refractivity contribution is 0.00477. The Hall–Kier alpha value is -0.120. The van der Waals surface area contributed by atoms with Crippen LogP contribution in [0.2, 0.25) is 0 Å². The van der Waals surface area contributed by atoms with E-state index in [1.54, 1.807) is 0 Å². The molecule has 1 saturated heterocycles. The van der Waals surface area contributed by atoms with E-state index in [-0.39, 0.29) is 0 Å². The van der Waals surface area contributed by atoms with Gasteiger partial charge in [0.2, 0.25) is 0 Å². The number of nitrogens with one attached hydrogen (secondary N) is 1. The topological polar surface area (TPSA) is 24.5 Å². The van der Waals surface area contributed by atoms with Crippen molar-refractivity contribution in [1.82, 2.24) is 10.2 Å². The predicted octanol–water partition coefficient (Wildman–Crippen LogP) is 2.90. The van der Waals surface area contributed by atoms with Gasteiger partial charge in [-0.1, -0.05) is 27.7 Å². The summed E-state index contributed by atoms with van der Waals surface area (Å²) in [6.07, 6.45) is 4.14. The number of hydrogen-bond acceptors (Lipinski definition) is 3. The van der Waals surface area contributed by atoms with Gasteiger partial charge in [0.25, 0.3) is 0 Å². The molecule has 1 rings (SSSR count). The third-order valence-electron chi connectivity index (χ3n) is 4.33. The molecule has 19 heavy (non-hydrogen) atoms. The van der Waals surface area contributed by atoms with Crippen LogP contribution in [-0.4, -0.2) is 49.8 Å². The third-order valence-corrected chi connectivity index (χ3v) is 4.33. The zero-order valence-corrected chi connectivity index (χ0v) is 13.7. The first kappa shape index (κ1) is 16.9. The minimum Gasteiger partial charge on any atom is -0.378 e. The third kappa shape index (κ3) is 6.24. The van der Waals surface area contributed by atoms with Crippen molar-refractivity contribution in [3.63, 3.8) is 0 Å². The van der Waals surface area contributed by atoms with Gasteiger partial charge in [-0.25, -0.2) is 0 Å². The van der Waals surface area contributed by atoms with Crippen LogP contribution in [0.1, 0.15) is 53.9 Å². The van der Waals surface area contributed by atoms with Gasteiger partial charge in [-0.05, 0) is 31.6 Å². The van der Waals surface area contributed by atoms with Crippen LogP contribution in [0.4, 0.5) is 0 Å². The lowest BCUT2D eigenvalue weighted by Crippen LogP contribution is -2.47. The molecule has 3 heteroatoms. The van der Waals surface area contributed by atoms with Crippen LogP contribution in [0.3, 0.4) is 0 Å². The first-order valence-electron chi connectivity index (χ1n) is 8.06. The Kier molecular flexibility index (Phi) is 7.33. The van der Waals surface area contributed by atoms with E-state index in [2.05, 4.69) is 44.8 Å². The number of ether oxygens (including phenoxy) is 1. The highest BCUT2D eigenvalue weighted by Crippen LogP contribution is 2.24. The smallest absolute Gasteiger partial charge is 0.0599 e. The quantitative estimate of drug-likeness (QED) is 0.734. The Morgan fingerprint density at radius 3 is 2.37 bits per heavy atom. The molecule has 1 heterocycles. The van der Waals surface area contributed by atoms with Crippen molar-refractivity contribution in [3.8, 4) is 0 Å². The van der Waals surface area contributed by atoms with Gasteiger partial charge in [0.05, 0.1) is 6.10 Å². The minimum absolute atomic E-state index is 0.392. The van der Waals surface area contributed by atoms with Crippen molar-refractivity contribution >= 4 is 0 Å². The van der Waals surface area contributed by atoms with E-state index in [4.69, 9.17) is 4.74 Å². The van der Waals surface area contributed by atoms with Crippen molar-refractivity contribution in [1.29, 1.82) is 0 Å². The summed E-state index contributed by atoms with van der Waals surface area (Å²) in [6.45, 7) is 16.9. The van der Waals surface area contributed by atoms with Crippen LogP contribution in [0.25, 0.3) is 0 Å². The molecule has 1 fully saturated rings. The summed E-state index contributed by atoms with van der Waals surface area (Å²) in [5.41, 5.74) is 0.392. The van der Waals surface area contributed by atoms with E-state index in [0.717, 1.165) is 13.2 Å². The second kappa shape index (κ2) is 8.23. The van der Waals surface area contributed by atoms with Crippen molar-refractivity contribution in [3.05, 3.63) is 0 Å². The van der Waals surface area contributed by atoms with Crippen LogP contribution in [0.5, 0.6) is 0 Å². The highest BCUT2D eigenvalue weighted by molar-refractivity contribution is 4.83. The van der Waals surface area contributed by atoms with Gasteiger partial charge in [-0.15, -0.1) is 0 Å². The molecule has 0 saturated carbocycles. The highest BCUT2D eigenvalue weighted by atomic mass is 16.5. The molecular weight excluding hydrogens is 236 g/mol. The molecule has 0 aromatic carbocycles. The molecule has 0 amide bonds. The SMILES string of the molecule is CCOC1CCN(CC(C)(CC)CNC(C)C)CC1. The van der Waals surface area contributed by atoms with Crippen LogP contribution in [0, 0.1) is 5.41 Å². The van der Waals surface area contributed by atoms with Crippen molar-refractivity contribution in [2.75, 3.05) is 32.8 Å². The Labute approximate surface area is 120 Å². The molecule has 1 unspecified atom stereocenters. The average Bonchev–Trinajstić information content (AvgIpc) is 2.39. The summed E-state index contributed by atoms with van der Waals surface area (Å²) in [7, 11) is 0. The van der Waals surface area contributed by atoms with Crippen molar-refractivity contribution < 1.29 is 4.74 Å². The zero-order chi connectivity index (χ0) is 14.3. The fourth-order valence-electron chi connectivity index (χ4n) is 2.75. The molecule has 0 aliphatic carbocycles. The predicted molar refractivity (Wildman–Crippen MR) is 82.6 cm³/mol. The molecule has 0 spiro atoms. The second-order valence-corrected chi connectivity index (χ2v) is 6.63. The lowest BCUT2D eigenvalue weighted by Gasteiger charge is -2.39. The summed E-state index contributed by atoms with van der Waals surface area (Å²) in [6, 6.07) is 0.578. The first-order valence-corrected chi connectivity index (χ1v) is 8.06. The number of hydrogen-bond donors (Lipinski definition) is 1. The highest BCUT2D eigenvalue weighted by Gasteiger charge is 2.28. The molecule has 3 nitrogen and oxygen atoms in total. The molecule has 1 N–H and O–H groups in total. The van der Waals surface area contributed by atoms with Crippen LogP contribution in [0.15, 0.2) is 0 Å². The van der Waals surface area contributed by atoms with E-state index in [1.807, 2.05) is 0 Å². The maximum atomic E-state index is 5.73. The maximum absolute atomic E-state index is 5.73. The van der Waals surface area contributed by atoms with Gasteiger partial charge < -0.3 is 15.0 Å². The normalized spacial score (nSPS) is 21.8. The summed E-state index contributed by atoms with van der Waals surface area (Å²) in [5, 5.41) is 3.60. The van der Waals surface area contributed by atoms with Crippen LogP contribution >= 0.6 is 0 Å². The molecule has 114 valence electrons. The average molecular weight is 270 g/mol. The largest absolute Gasteiger partial charge is 0.378 e. The van der Waals surface area contributed by atoms with Crippen LogP contribution in [-0.2, 0) is 4.74 Å². The summed E-state index contributed by atoms with van der Waals surface area (Å²) < 4.78 is 5.73. The van der Waals surface area contributed by atoms with Gasteiger partial charge >= 0.3 is 0 Å². The fraction of sp³-hybridized carbons (Fsp3) is 1.00. The summed E-state index contributed by atoms with van der Waals surface area (Å²) >= 11 is 0. The number of nitrogens with zero attached hydrogens (tertiary/aromatic N) is 1. The molecule has 1 aliphatic heterocycles. The van der Waals surface area contributed by atoms with Gasteiger partial charge in [-0.2, -0.15) is 0 Å². The molecule has 0 aromatic heterocycles. The Balaban J connectivity index is 2.36. The van der Waals surface area contributed by atoms with E-state index < -0.39 is 0 Å². The molecule has 1 atom stereocenters. The number of rotatable bonds is 8. The molecule has 0 bridgehead atoms. The van der Waals surface area contributed by atoms with Crippen molar-refractivity contribution in [2.45, 2.75) is 66.0 Å². The van der Waals surface area contributed by atoms with Gasteiger partial charge in [0.15, 0.2) is 0 Å². The monoisotopic (exact) mass is 270 g/mol.